The fraction of sp³-hybridized carbons (Fsp3) is 0. The van der Waals surface area contributed by atoms with Crippen molar-refractivity contribution in [3.8, 4) is 0 Å². The van der Waals surface area contributed by atoms with E-state index in [0.29, 0.717) is 0 Å². The Bertz CT molecular complexity index is 13.0. The van der Waals surface area contributed by atoms with E-state index in [0.717, 1.165) is 0 Å². The summed E-state index contributed by atoms with van der Waals surface area (Å²) < 4.78 is 0. The summed E-state index contributed by atoms with van der Waals surface area (Å²) in [4.78, 5) is 7.25. The van der Waals surface area contributed by atoms with E-state index in [1.807, 2.05) is 0 Å². The van der Waals surface area contributed by atoms with Gasteiger partial charge in [-0.15, -0.1) is 4.91 Å². The summed E-state index contributed by atoms with van der Waals surface area (Å²) in [7, 11) is 0. The molecule has 0 fully saturated rings. The number of hydrogen-bond acceptors (Lipinski definition) is 1. The standard InChI is InChI=1S/6ClH.NO.Sb/c;;;;;;1-2;/h6*1H;;/p-6. The third-order valence-electron chi connectivity index (χ3n) is 0. The van der Waals surface area contributed by atoms with Crippen molar-refractivity contribution in [3.63, 3.8) is 0 Å². The van der Waals surface area contributed by atoms with E-state index in [2.05, 4.69) is 0 Å². The van der Waals surface area contributed by atoms with Gasteiger partial charge < -0.3 is 74.4 Å². The Kier molecular flexibility index (Phi) is 2350. The second kappa shape index (κ2) is 183. The van der Waals surface area contributed by atoms with Gasteiger partial charge in [-0.05, 0) is 0 Å². The predicted octanol–water partition coefficient (Wildman–Crippen LogP) is -18.8. The van der Waals surface area contributed by atoms with Gasteiger partial charge in [0.15, 0.2) is 0 Å². The molecule has 0 unspecified atom stereocenters. The first-order valence-electron chi connectivity index (χ1n) is 0.183. The van der Waals surface area contributed by atoms with E-state index in [1.165, 1.54) is 0 Å². The Morgan fingerprint density at radius 3 is 0.556 bits per heavy atom. The van der Waals surface area contributed by atoms with Crippen molar-refractivity contribution in [2.45, 2.75) is 0 Å². The van der Waals surface area contributed by atoms with Crippen molar-refractivity contribution in [1.29, 1.82) is 0 Å². The zero-order chi connectivity index (χ0) is 2.00. The molecule has 0 rings (SSSR count). The first-order valence-corrected chi connectivity index (χ1v) is 0.183. The zero-order valence-corrected chi connectivity index (χ0v) is 10.7. The van der Waals surface area contributed by atoms with E-state index >= 15 is 0 Å². The molecule has 9 heteroatoms. The van der Waals surface area contributed by atoms with Crippen LogP contribution in [0.2, 0.25) is 0 Å². The second-order valence-electron chi connectivity index (χ2n) is 0. The van der Waals surface area contributed by atoms with Gasteiger partial charge in [0.2, 0.25) is 0 Å². The quantitative estimate of drug-likeness (QED) is 0.394. The van der Waals surface area contributed by atoms with Crippen LogP contribution in [0.4, 0.5) is 0 Å². The molecule has 0 heterocycles. The molecule has 2 nitrogen and oxygen atoms in total. The van der Waals surface area contributed by atoms with E-state index in [9.17, 15) is 0 Å². The molecule has 64 valence electrons. The van der Waals surface area contributed by atoms with Gasteiger partial charge in [-0.3, -0.25) is 0 Å². The normalized spacial score (nSPS) is 0.444. The Balaban J connectivity index is -0.000000000238. The molecular weight excluding hydrogens is 364 g/mol. The molecule has 0 spiro atoms. The smallest absolute Gasteiger partial charge is 0.120 e. The minimum atomic E-state index is 0. The molecule has 0 saturated heterocycles. The van der Waals surface area contributed by atoms with E-state index in [4.69, 9.17) is 10.5 Å². The van der Waals surface area contributed by atoms with Crippen molar-refractivity contribution < 1.29 is 74.4 Å². The Morgan fingerprint density at radius 1 is 0.556 bits per heavy atom. The fourth-order valence-corrected chi connectivity index (χ4v) is 0. The number of nitroso groups, excluding NO2 is 1. The molecule has 0 N–H and O–H groups in total. The Morgan fingerprint density at radius 2 is 0.556 bits per heavy atom. The van der Waals surface area contributed by atoms with Crippen molar-refractivity contribution in [1.82, 2.24) is 5.59 Å². The molecular formula is Cl6NOSb-6. The molecule has 0 aliphatic carbocycles. The molecule has 9 heavy (non-hydrogen) atoms. The maximum absolute atomic E-state index is 7.25. The maximum Gasteiger partial charge on any atom is 0.120 e. The first kappa shape index (κ1) is 115. The van der Waals surface area contributed by atoms with Gasteiger partial charge in [0.05, 0.1) is 0 Å². The van der Waals surface area contributed by atoms with E-state index in [-0.39, 0.29) is 98.9 Å². The molecule has 0 amide bonds. The van der Waals surface area contributed by atoms with Crippen LogP contribution >= 0.6 is 0 Å². The van der Waals surface area contributed by atoms with Crippen LogP contribution in [0.1, 0.15) is 0 Å². The summed E-state index contributed by atoms with van der Waals surface area (Å²) in [6, 6.07) is 0. The van der Waals surface area contributed by atoms with E-state index < -0.39 is 0 Å². The van der Waals surface area contributed by atoms with Crippen LogP contribution in [0.5, 0.6) is 0 Å². The number of rotatable bonds is 0. The van der Waals surface area contributed by atoms with E-state index in [1.54, 1.807) is 0 Å². The molecule has 0 aromatic rings. The zero-order valence-electron chi connectivity index (χ0n) is 3.57. The van der Waals surface area contributed by atoms with Crippen LogP contribution in [-0.4, -0.2) is 24.4 Å². The largest absolute Gasteiger partial charge is 1.00 e. The molecule has 0 aromatic carbocycles. The van der Waals surface area contributed by atoms with Crippen molar-refractivity contribution in [3.05, 3.63) is 4.91 Å². The van der Waals surface area contributed by atoms with Gasteiger partial charge in [0.1, 0.15) is 5.59 Å². The van der Waals surface area contributed by atoms with Gasteiger partial charge in [0, 0.05) is 24.4 Å². The fourth-order valence-electron chi connectivity index (χ4n) is 0. The summed E-state index contributed by atoms with van der Waals surface area (Å²) in [6.45, 7) is 0. The number of hydrogen-bond donors (Lipinski definition) is 0. The van der Waals surface area contributed by atoms with Crippen molar-refractivity contribution in [2.75, 3.05) is 0 Å². The van der Waals surface area contributed by atoms with Gasteiger partial charge in [-0.2, -0.15) is 0 Å². The van der Waals surface area contributed by atoms with Gasteiger partial charge in [-0.1, -0.05) is 0 Å². The Hall–Kier alpha value is 2.16. The summed E-state index contributed by atoms with van der Waals surface area (Å²) >= 11 is 0. The number of halogens is 6. The third-order valence-corrected chi connectivity index (χ3v) is 0. The monoisotopic (exact) mass is 361 g/mol. The summed E-state index contributed by atoms with van der Waals surface area (Å²) in [5.74, 6) is 0. The average molecular weight is 364 g/mol. The molecule has 0 atom stereocenters. The molecule has 0 aliphatic heterocycles. The van der Waals surface area contributed by atoms with Crippen LogP contribution in [0.3, 0.4) is 0 Å². The topological polar surface area (TPSA) is 39.4 Å². The van der Waals surface area contributed by atoms with Crippen LogP contribution in [-0.2, 0) is 0 Å². The molecule has 0 saturated carbocycles. The molecule has 0 bridgehead atoms. The molecule has 4 radical (unpaired) electrons. The molecule has 0 aromatic heterocycles. The predicted molar refractivity (Wildman–Crippen MR) is 11.3 cm³/mol. The van der Waals surface area contributed by atoms with Crippen LogP contribution < -0.4 is 80.0 Å². The van der Waals surface area contributed by atoms with Gasteiger partial charge in [-0.25, -0.2) is 0 Å². The van der Waals surface area contributed by atoms with Crippen molar-refractivity contribution >= 4 is 24.4 Å². The second-order valence-corrected chi connectivity index (χ2v) is 0. The average Bonchev–Trinajstić information content (AvgIpc) is 1.00. The van der Waals surface area contributed by atoms with Crippen LogP contribution in [0.15, 0.2) is 0 Å². The first-order chi connectivity index (χ1) is 1.00. The SMILES string of the molecule is [Cl-].[Cl-].[Cl-].[Cl-].[Cl-].[Cl-].[N]=O.[Sb]. The van der Waals surface area contributed by atoms with Gasteiger partial charge in [0.25, 0.3) is 0 Å². The van der Waals surface area contributed by atoms with Crippen molar-refractivity contribution in [2.24, 2.45) is 0 Å². The summed E-state index contributed by atoms with van der Waals surface area (Å²) in [5, 5.41) is 0. The molecule has 0 aliphatic rings. The summed E-state index contributed by atoms with van der Waals surface area (Å²) in [5.41, 5.74) is 5.75. The van der Waals surface area contributed by atoms with Crippen LogP contribution in [0, 0.1) is 4.91 Å². The third kappa shape index (κ3) is 145. The van der Waals surface area contributed by atoms with Gasteiger partial charge >= 0.3 is 0 Å². The Labute approximate surface area is 108 Å². The number of nitrogens with zero attached hydrogens (tertiary/aromatic N) is 1. The minimum absolute atomic E-state index is 0. The maximum atomic E-state index is 7.25. The van der Waals surface area contributed by atoms with Crippen LogP contribution in [0.25, 0.3) is 0 Å². The summed E-state index contributed by atoms with van der Waals surface area (Å²) in [6.07, 6.45) is 0. The minimum Gasteiger partial charge on any atom is -1.00 e.